The molecule has 0 spiro atoms. The van der Waals surface area contributed by atoms with Crippen molar-refractivity contribution in [2.75, 3.05) is 11.1 Å². The van der Waals surface area contributed by atoms with Gasteiger partial charge in [0.25, 0.3) is 5.91 Å². The Morgan fingerprint density at radius 2 is 1.67 bits per heavy atom. The van der Waals surface area contributed by atoms with E-state index in [1.165, 1.54) is 12.1 Å². The Kier molecular flexibility index (Phi) is 4.20. The van der Waals surface area contributed by atoms with Gasteiger partial charge < -0.3 is 16.8 Å². The normalized spacial score (nSPS) is 10.5. The van der Waals surface area contributed by atoms with Gasteiger partial charge in [0.1, 0.15) is 5.82 Å². The van der Waals surface area contributed by atoms with E-state index in [0.29, 0.717) is 0 Å². The van der Waals surface area contributed by atoms with Crippen molar-refractivity contribution in [2.45, 2.75) is 0 Å². The number of carbonyl (C=O) groups is 1. The van der Waals surface area contributed by atoms with Gasteiger partial charge in [0.2, 0.25) is 0 Å². The maximum atomic E-state index is 13.8. The summed E-state index contributed by atoms with van der Waals surface area (Å²) in [5.74, 6) is -2.29. The lowest BCUT2D eigenvalue weighted by atomic mass is 10.1. The van der Waals surface area contributed by atoms with Crippen molar-refractivity contribution in [3.63, 3.8) is 0 Å². The van der Waals surface area contributed by atoms with E-state index in [0.717, 1.165) is 12.1 Å². The van der Waals surface area contributed by atoms with E-state index in [4.69, 9.17) is 34.7 Å². The molecule has 0 aliphatic rings. The highest BCUT2D eigenvalue weighted by Gasteiger charge is 2.13. The van der Waals surface area contributed by atoms with Gasteiger partial charge >= 0.3 is 0 Å². The Hall–Kier alpha value is -2.05. The van der Waals surface area contributed by atoms with Gasteiger partial charge in [-0.05, 0) is 24.3 Å². The number of anilines is 3. The molecule has 2 rings (SSSR count). The summed E-state index contributed by atoms with van der Waals surface area (Å²) in [5.41, 5.74) is 10.7. The van der Waals surface area contributed by atoms with Crippen LogP contribution < -0.4 is 16.8 Å². The van der Waals surface area contributed by atoms with Crippen molar-refractivity contribution in [3.05, 3.63) is 51.5 Å². The molecule has 2 aromatic rings. The molecule has 21 heavy (non-hydrogen) atoms. The fourth-order valence-electron chi connectivity index (χ4n) is 1.68. The molecule has 110 valence electrons. The molecule has 0 saturated heterocycles. The number of carbonyl (C=O) groups excluding carboxylic acids is 1. The van der Waals surface area contributed by atoms with Crippen LogP contribution in [0.15, 0.2) is 24.3 Å². The second kappa shape index (κ2) is 5.75. The molecule has 0 aliphatic heterocycles. The van der Waals surface area contributed by atoms with Crippen LogP contribution in [0.2, 0.25) is 10.0 Å². The van der Waals surface area contributed by atoms with Crippen molar-refractivity contribution >= 4 is 46.2 Å². The number of halogens is 4. The Morgan fingerprint density at radius 3 is 2.19 bits per heavy atom. The first-order chi connectivity index (χ1) is 9.79. The van der Waals surface area contributed by atoms with Crippen LogP contribution in [0.5, 0.6) is 0 Å². The molecule has 0 unspecified atom stereocenters. The zero-order valence-corrected chi connectivity index (χ0v) is 11.9. The summed E-state index contributed by atoms with van der Waals surface area (Å²) in [4.78, 5) is 11.2. The third-order valence-corrected chi connectivity index (χ3v) is 3.22. The average Bonchev–Trinajstić information content (AvgIpc) is 2.38. The summed E-state index contributed by atoms with van der Waals surface area (Å²) in [6.07, 6.45) is 0. The first kappa shape index (κ1) is 15.3. The number of amides is 1. The fourth-order valence-corrected chi connectivity index (χ4v) is 2.17. The van der Waals surface area contributed by atoms with E-state index in [1.54, 1.807) is 0 Å². The van der Waals surface area contributed by atoms with Gasteiger partial charge in [0.05, 0.1) is 21.3 Å². The Bertz CT molecular complexity index is 715. The number of nitrogen functional groups attached to an aromatic ring is 1. The van der Waals surface area contributed by atoms with Gasteiger partial charge in [-0.15, -0.1) is 0 Å². The number of benzene rings is 2. The minimum Gasteiger partial charge on any atom is -0.398 e. The van der Waals surface area contributed by atoms with E-state index in [9.17, 15) is 13.6 Å². The first-order valence-corrected chi connectivity index (χ1v) is 6.35. The van der Waals surface area contributed by atoms with E-state index >= 15 is 0 Å². The van der Waals surface area contributed by atoms with E-state index in [-0.39, 0.29) is 32.7 Å². The van der Waals surface area contributed by atoms with Crippen LogP contribution in [0.3, 0.4) is 0 Å². The van der Waals surface area contributed by atoms with Crippen LogP contribution in [0.4, 0.5) is 25.8 Å². The van der Waals surface area contributed by atoms with Crippen molar-refractivity contribution in [1.29, 1.82) is 0 Å². The van der Waals surface area contributed by atoms with Gasteiger partial charge in [-0.1, -0.05) is 23.2 Å². The molecule has 0 atom stereocenters. The topological polar surface area (TPSA) is 81.1 Å². The van der Waals surface area contributed by atoms with Gasteiger partial charge in [-0.2, -0.15) is 0 Å². The molecule has 0 aromatic heterocycles. The standard InChI is InChI=1S/C13H9Cl2F2N3O/c14-7-1-5(2-8(15)12(7)17)20-11-3-6(13(19)21)10(18)4-9(11)16/h1-4,20H,18H2,(H2,19,21). The van der Waals surface area contributed by atoms with E-state index in [2.05, 4.69) is 5.32 Å². The summed E-state index contributed by atoms with van der Waals surface area (Å²) in [5, 5.41) is 2.18. The summed E-state index contributed by atoms with van der Waals surface area (Å²) in [7, 11) is 0. The van der Waals surface area contributed by atoms with Crippen molar-refractivity contribution in [1.82, 2.24) is 0 Å². The second-order valence-corrected chi connectivity index (χ2v) is 4.98. The van der Waals surface area contributed by atoms with E-state index < -0.39 is 17.5 Å². The molecule has 0 heterocycles. The van der Waals surface area contributed by atoms with Gasteiger partial charge in [-0.3, -0.25) is 4.79 Å². The molecule has 0 fully saturated rings. The minimum atomic E-state index is -0.800. The highest BCUT2D eigenvalue weighted by molar-refractivity contribution is 6.35. The molecular formula is C13H9Cl2F2N3O. The third-order valence-electron chi connectivity index (χ3n) is 2.67. The summed E-state index contributed by atoms with van der Waals surface area (Å²) >= 11 is 11.3. The quantitative estimate of drug-likeness (QED) is 0.592. The maximum Gasteiger partial charge on any atom is 0.250 e. The average molecular weight is 332 g/mol. The molecule has 5 N–H and O–H groups in total. The maximum absolute atomic E-state index is 13.8. The van der Waals surface area contributed by atoms with E-state index in [1.807, 2.05) is 0 Å². The fraction of sp³-hybridized carbons (Fsp3) is 0. The van der Waals surface area contributed by atoms with Crippen molar-refractivity contribution < 1.29 is 13.6 Å². The number of hydrogen-bond donors (Lipinski definition) is 3. The number of hydrogen-bond acceptors (Lipinski definition) is 3. The van der Waals surface area contributed by atoms with Crippen LogP contribution in [-0.4, -0.2) is 5.91 Å². The lowest BCUT2D eigenvalue weighted by molar-refractivity contribution is 0.100. The SMILES string of the molecule is NC(=O)c1cc(Nc2cc(Cl)c(F)c(Cl)c2)c(F)cc1N. The zero-order valence-electron chi connectivity index (χ0n) is 10.4. The molecule has 0 bridgehead atoms. The van der Waals surface area contributed by atoms with Gasteiger partial charge in [-0.25, -0.2) is 8.78 Å². The highest BCUT2D eigenvalue weighted by atomic mass is 35.5. The second-order valence-electron chi connectivity index (χ2n) is 4.16. The van der Waals surface area contributed by atoms with Crippen molar-refractivity contribution in [2.24, 2.45) is 5.73 Å². The smallest absolute Gasteiger partial charge is 0.250 e. The van der Waals surface area contributed by atoms with Crippen LogP contribution in [-0.2, 0) is 0 Å². The predicted molar refractivity (Wildman–Crippen MR) is 79.0 cm³/mol. The number of nitrogens with one attached hydrogen (secondary N) is 1. The van der Waals surface area contributed by atoms with Gasteiger partial charge in [0.15, 0.2) is 5.82 Å². The highest BCUT2D eigenvalue weighted by Crippen LogP contribution is 2.31. The summed E-state index contributed by atoms with van der Waals surface area (Å²) in [6, 6.07) is 4.55. The molecular weight excluding hydrogens is 323 g/mol. The molecule has 8 heteroatoms. The Morgan fingerprint density at radius 1 is 1.10 bits per heavy atom. The van der Waals surface area contributed by atoms with Crippen molar-refractivity contribution in [3.8, 4) is 0 Å². The molecule has 0 aliphatic carbocycles. The predicted octanol–water partition coefficient (Wildman–Crippen LogP) is 3.70. The minimum absolute atomic E-state index is 0.0433. The lowest BCUT2D eigenvalue weighted by Crippen LogP contribution is -2.14. The van der Waals surface area contributed by atoms with Crippen LogP contribution in [0.1, 0.15) is 10.4 Å². The van der Waals surface area contributed by atoms with Crippen LogP contribution in [0.25, 0.3) is 0 Å². The molecule has 1 amide bonds. The zero-order chi connectivity index (χ0) is 15.7. The molecule has 0 saturated carbocycles. The number of rotatable bonds is 3. The first-order valence-electron chi connectivity index (χ1n) is 5.60. The summed E-state index contributed by atoms with van der Waals surface area (Å²) < 4.78 is 27.1. The largest absolute Gasteiger partial charge is 0.398 e. The lowest BCUT2D eigenvalue weighted by Gasteiger charge is -2.11. The number of nitrogens with two attached hydrogens (primary N) is 2. The molecule has 0 radical (unpaired) electrons. The Labute approximate surface area is 128 Å². The monoisotopic (exact) mass is 331 g/mol. The Balaban J connectivity index is 2.44. The summed E-state index contributed by atoms with van der Waals surface area (Å²) in [6.45, 7) is 0. The third kappa shape index (κ3) is 3.17. The number of primary amides is 1. The van der Waals surface area contributed by atoms with Gasteiger partial charge in [0, 0.05) is 11.4 Å². The van der Waals surface area contributed by atoms with Crippen LogP contribution in [0, 0.1) is 11.6 Å². The molecule has 4 nitrogen and oxygen atoms in total. The van der Waals surface area contributed by atoms with Crippen LogP contribution >= 0.6 is 23.2 Å². The molecule has 2 aromatic carbocycles.